The second-order valence-corrected chi connectivity index (χ2v) is 4.86. The van der Waals surface area contributed by atoms with Gasteiger partial charge in [0, 0.05) is 6.07 Å². The van der Waals surface area contributed by atoms with Crippen molar-refractivity contribution in [2.45, 2.75) is 13.0 Å². The molecule has 0 aliphatic rings. The van der Waals surface area contributed by atoms with Gasteiger partial charge >= 0.3 is 0 Å². The smallest absolute Gasteiger partial charge is 0.146 e. The minimum Gasteiger partial charge on any atom is -0.456 e. The van der Waals surface area contributed by atoms with Crippen molar-refractivity contribution in [2.75, 3.05) is 0 Å². The highest BCUT2D eigenvalue weighted by Crippen LogP contribution is 2.32. The molecule has 0 unspecified atom stereocenters. The molecule has 0 heterocycles. The van der Waals surface area contributed by atoms with Crippen molar-refractivity contribution < 1.29 is 14.2 Å². The molecule has 0 saturated heterocycles. The van der Waals surface area contributed by atoms with Crippen LogP contribution in [0.3, 0.4) is 0 Å². The minimum absolute atomic E-state index is 0.0305. The molecule has 5 heteroatoms. The Morgan fingerprint density at radius 1 is 1.11 bits per heavy atom. The Labute approximate surface area is 120 Å². The van der Waals surface area contributed by atoms with E-state index in [0.29, 0.717) is 22.1 Å². The van der Waals surface area contributed by atoms with Gasteiger partial charge in [0.2, 0.25) is 0 Å². The van der Waals surface area contributed by atoms with E-state index in [1.807, 2.05) is 0 Å². The number of ether oxygens (including phenoxy) is 1. The van der Waals surface area contributed by atoms with Gasteiger partial charge in [0.1, 0.15) is 17.3 Å². The maximum atomic E-state index is 13.3. The number of hydrogen-bond donors (Lipinski definition) is 1. The number of aliphatic hydroxyl groups excluding tert-OH is 1. The fourth-order valence-electron chi connectivity index (χ4n) is 1.53. The molecule has 2 nitrogen and oxygen atoms in total. The summed E-state index contributed by atoms with van der Waals surface area (Å²) in [5, 5.41) is 9.80. The molecule has 0 aliphatic heterocycles. The molecule has 0 bridgehead atoms. The average molecular weight is 301 g/mol. The highest BCUT2D eigenvalue weighted by molar-refractivity contribution is 6.32. The maximum Gasteiger partial charge on any atom is 0.146 e. The van der Waals surface area contributed by atoms with Crippen LogP contribution in [-0.4, -0.2) is 5.11 Å². The van der Waals surface area contributed by atoms with E-state index in [0.717, 1.165) is 0 Å². The first-order chi connectivity index (χ1) is 8.97. The largest absolute Gasteiger partial charge is 0.456 e. The molecule has 0 aliphatic carbocycles. The monoisotopic (exact) mass is 300 g/mol. The van der Waals surface area contributed by atoms with Gasteiger partial charge in [-0.3, -0.25) is 0 Å². The van der Waals surface area contributed by atoms with Gasteiger partial charge < -0.3 is 9.84 Å². The topological polar surface area (TPSA) is 29.5 Å². The summed E-state index contributed by atoms with van der Waals surface area (Å²) in [7, 11) is 0. The fraction of sp³-hybridized carbons (Fsp3) is 0.143. The molecule has 2 rings (SSSR count). The molecule has 100 valence electrons. The summed E-state index contributed by atoms with van der Waals surface area (Å²) in [6.45, 7) is 1.64. The predicted octanol–water partition coefficient (Wildman–Crippen LogP) is 4.98. The van der Waals surface area contributed by atoms with Gasteiger partial charge in [0.15, 0.2) is 0 Å². The molecule has 2 aromatic carbocycles. The van der Waals surface area contributed by atoms with Crippen molar-refractivity contribution in [3.8, 4) is 11.5 Å². The lowest BCUT2D eigenvalue weighted by atomic mass is 10.1. The molecule has 0 saturated carbocycles. The number of halogens is 3. The number of benzene rings is 2. The van der Waals surface area contributed by atoms with Gasteiger partial charge in [-0.2, -0.15) is 0 Å². The minimum atomic E-state index is -0.612. The number of hydrogen-bond acceptors (Lipinski definition) is 2. The first-order valence-corrected chi connectivity index (χ1v) is 6.33. The molecule has 0 spiro atoms. The van der Waals surface area contributed by atoms with E-state index >= 15 is 0 Å². The second-order valence-electron chi connectivity index (χ2n) is 4.04. The van der Waals surface area contributed by atoms with Gasteiger partial charge in [0.05, 0.1) is 16.1 Å². The molecule has 1 N–H and O–H groups in total. The van der Waals surface area contributed by atoms with Crippen molar-refractivity contribution in [2.24, 2.45) is 0 Å². The summed E-state index contributed by atoms with van der Waals surface area (Å²) < 4.78 is 18.7. The third-order valence-electron chi connectivity index (χ3n) is 2.56. The Balaban J connectivity index is 2.25. The van der Waals surface area contributed by atoms with Crippen LogP contribution in [0.5, 0.6) is 11.5 Å². The van der Waals surface area contributed by atoms with E-state index < -0.39 is 11.9 Å². The predicted molar refractivity (Wildman–Crippen MR) is 73.6 cm³/mol. The quantitative estimate of drug-likeness (QED) is 0.866. The summed E-state index contributed by atoms with van der Waals surface area (Å²) in [6.07, 6.45) is -0.612. The summed E-state index contributed by atoms with van der Waals surface area (Å²) in [5.74, 6) is 0.122. The number of aliphatic hydroxyl groups is 1. The van der Waals surface area contributed by atoms with Crippen LogP contribution in [0, 0.1) is 5.82 Å². The zero-order valence-electron chi connectivity index (χ0n) is 10.0. The third kappa shape index (κ3) is 3.38. The van der Waals surface area contributed by atoms with Crippen LogP contribution in [0.4, 0.5) is 4.39 Å². The second kappa shape index (κ2) is 5.78. The molecule has 19 heavy (non-hydrogen) atoms. The summed E-state index contributed by atoms with van der Waals surface area (Å²) in [5.41, 5.74) is 0.680. The van der Waals surface area contributed by atoms with Crippen LogP contribution < -0.4 is 4.74 Å². The van der Waals surface area contributed by atoms with Crippen molar-refractivity contribution in [3.05, 3.63) is 57.8 Å². The zero-order valence-corrected chi connectivity index (χ0v) is 11.5. The lowest BCUT2D eigenvalue weighted by Gasteiger charge is -2.10. The fourth-order valence-corrected chi connectivity index (χ4v) is 1.87. The van der Waals surface area contributed by atoms with Gasteiger partial charge in [-0.25, -0.2) is 4.39 Å². The normalized spacial score (nSPS) is 12.3. The van der Waals surface area contributed by atoms with Crippen LogP contribution in [-0.2, 0) is 0 Å². The van der Waals surface area contributed by atoms with Crippen molar-refractivity contribution in [1.29, 1.82) is 0 Å². The van der Waals surface area contributed by atoms with Gasteiger partial charge in [-0.1, -0.05) is 29.3 Å². The lowest BCUT2D eigenvalue weighted by molar-refractivity contribution is 0.199. The molecule has 2 aromatic rings. The van der Waals surface area contributed by atoms with Crippen LogP contribution in [0.1, 0.15) is 18.6 Å². The first-order valence-electron chi connectivity index (χ1n) is 5.58. The van der Waals surface area contributed by atoms with Crippen molar-refractivity contribution in [1.82, 2.24) is 0 Å². The Morgan fingerprint density at radius 2 is 1.84 bits per heavy atom. The Bertz CT molecular complexity index is 600. The molecule has 0 aromatic heterocycles. The van der Waals surface area contributed by atoms with Crippen molar-refractivity contribution >= 4 is 23.2 Å². The van der Waals surface area contributed by atoms with Gasteiger partial charge in [-0.15, -0.1) is 0 Å². The first kappa shape index (κ1) is 14.1. The van der Waals surface area contributed by atoms with Crippen LogP contribution in [0.2, 0.25) is 10.0 Å². The zero-order chi connectivity index (χ0) is 14.0. The summed E-state index contributed by atoms with van der Waals surface area (Å²) in [4.78, 5) is 0. The molecule has 0 radical (unpaired) electrons. The molecule has 1 atom stereocenters. The Morgan fingerprint density at radius 3 is 2.42 bits per heavy atom. The lowest BCUT2D eigenvalue weighted by Crippen LogP contribution is -1.92. The van der Waals surface area contributed by atoms with Crippen molar-refractivity contribution in [3.63, 3.8) is 0 Å². The maximum absolute atomic E-state index is 13.3. The third-order valence-corrected chi connectivity index (χ3v) is 3.16. The standard InChI is InChI=1S/C14H11Cl2FO2/c1-8(18)9-2-5-14(12(16)6-9)19-10-3-4-11(15)13(17)7-10/h2-8,18H,1H3/t8-/m0/s1. The summed E-state index contributed by atoms with van der Waals surface area (Å²) in [6, 6.07) is 9.05. The van der Waals surface area contributed by atoms with E-state index in [1.54, 1.807) is 31.2 Å². The molecular formula is C14H11Cl2FO2. The van der Waals surface area contributed by atoms with Gasteiger partial charge in [-0.05, 0) is 36.8 Å². The van der Waals surface area contributed by atoms with E-state index in [9.17, 15) is 9.50 Å². The van der Waals surface area contributed by atoms with Gasteiger partial charge in [0.25, 0.3) is 0 Å². The van der Waals surface area contributed by atoms with Crippen LogP contribution >= 0.6 is 23.2 Å². The molecule has 0 amide bonds. The van der Waals surface area contributed by atoms with E-state index in [-0.39, 0.29) is 5.02 Å². The molecular weight excluding hydrogens is 290 g/mol. The van der Waals surface area contributed by atoms with E-state index in [4.69, 9.17) is 27.9 Å². The Kier molecular flexibility index (Phi) is 4.30. The van der Waals surface area contributed by atoms with E-state index in [1.165, 1.54) is 12.1 Å². The molecule has 0 fully saturated rings. The average Bonchev–Trinajstić information content (AvgIpc) is 2.36. The summed E-state index contributed by atoms with van der Waals surface area (Å²) >= 11 is 11.6. The van der Waals surface area contributed by atoms with Crippen LogP contribution in [0.15, 0.2) is 36.4 Å². The Hall–Kier alpha value is -1.29. The van der Waals surface area contributed by atoms with Crippen LogP contribution in [0.25, 0.3) is 0 Å². The van der Waals surface area contributed by atoms with E-state index in [2.05, 4.69) is 0 Å². The highest BCUT2D eigenvalue weighted by atomic mass is 35.5. The highest BCUT2D eigenvalue weighted by Gasteiger charge is 2.09. The SMILES string of the molecule is C[C@H](O)c1ccc(Oc2ccc(Cl)c(F)c2)c(Cl)c1. The number of rotatable bonds is 3.